The molecule has 0 aliphatic carbocycles. The number of benzene rings is 1. The summed E-state index contributed by atoms with van der Waals surface area (Å²) in [6.07, 6.45) is 1.57. The van der Waals surface area contributed by atoms with Gasteiger partial charge in [-0.15, -0.1) is 0 Å². The minimum Gasteiger partial charge on any atom is -0.319 e. The molecule has 6 heteroatoms. The molecule has 0 bridgehead atoms. The molecule has 1 heterocycles. The molecular formula is C12H7BrClFN2O. The molecule has 18 heavy (non-hydrogen) atoms. The highest BCUT2D eigenvalue weighted by Crippen LogP contribution is 2.23. The minimum atomic E-state index is -0.667. The van der Waals surface area contributed by atoms with Gasteiger partial charge < -0.3 is 5.32 Å². The molecule has 0 spiro atoms. The Kier molecular flexibility index (Phi) is 3.93. The van der Waals surface area contributed by atoms with Crippen LogP contribution >= 0.6 is 27.5 Å². The molecule has 0 radical (unpaired) electrons. The van der Waals surface area contributed by atoms with Crippen LogP contribution in [0.25, 0.3) is 0 Å². The third-order valence-electron chi connectivity index (χ3n) is 2.20. The van der Waals surface area contributed by atoms with Crippen LogP contribution in [0.2, 0.25) is 5.02 Å². The molecule has 1 N–H and O–H groups in total. The van der Waals surface area contributed by atoms with Crippen molar-refractivity contribution < 1.29 is 9.18 Å². The Morgan fingerprint density at radius 2 is 2.11 bits per heavy atom. The Bertz CT molecular complexity index is 586. The van der Waals surface area contributed by atoms with Gasteiger partial charge in [0.15, 0.2) is 0 Å². The van der Waals surface area contributed by atoms with Gasteiger partial charge in [0.2, 0.25) is 0 Å². The van der Waals surface area contributed by atoms with Gasteiger partial charge in [-0.2, -0.15) is 0 Å². The molecule has 2 rings (SSSR count). The lowest BCUT2D eigenvalue weighted by Gasteiger charge is -2.08. The molecule has 0 fully saturated rings. The van der Waals surface area contributed by atoms with Gasteiger partial charge in [-0.3, -0.25) is 4.79 Å². The van der Waals surface area contributed by atoms with Gasteiger partial charge in [-0.25, -0.2) is 9.37 Å². The molecule has 0 saturated heterocycles. The first kappa shape index (κ1) is 13.0. The zero-order chi connectivity index (χ0) is 13.1. The van der Waals surface area contributed by atoms with Gasteiger partial charge in [-0.1, -0.05) is 17.7 Å². The van der Waals surface area contributed by atoms with Gasteiger partial charge in [0.25, 0.3) is 5.91 Å². The number of anilines is 1. The fourth-order valence-electron chi connectivity index (χ4n) is 1.38. The van der Waals surface area contributed by atoms with E-state index < -0.39 is 11.7 Å². The quantitative estimate of drug-likeness (QED) is 0.849. The first-order chi connectivity index (χ1) is 8.59. The van der Waals surface area contributed by atoms with Crippen LogP contribution < -0.4 is 5.32 Å². The van der Waals surface area contributed by atoms with E-state index in [9.17, 15) is 9.18 Å². The molecule has 0 saturated carbocycles. The topological polar surface area (TPSA) is 42.0 Å². The molecule has 0 aliphatic rings. The Hall–Kier alpha value is -1.46. The highest BCUT2D eigenvalue weighted by molar-refractivity contribution is 9.10. The van der Waals surface area contributed by atoms with Crippen LogP contribution in [-0.4, -0.2) is 10.9 Å². The molecule has 0 aliphatic heterocycles. The number of halogens is 3. The van der Waals surface area contributed by atoms with Crippen molar-refractivity contribution in [2.45, 2.75) is 0 Å². The average molecular weight is 330 g/mol. The second kappa shape index (κ2) is 5.46. The molecule has 1 aromatic carbocycles. The van der Waals surface area contributed by atoms with Crippen molar-refractivity contribution in [3.63, 3.8) is 0 Å². The zero-order valence-electron chi connectivity index (χ0n) is 8.95. The van der Waals surface area contributed by atoms with E-state index in [2.05, 4.69) is 26.2 Å². The lowest BCUT2D eigenvalue weighted by molar-refractivity contribution is 0.102. The molecule has 92 valence electrons. The fourth-order valence-corrected chi connectivity index (χ4v) is 1.98. The number of hydrogen-bond acceptors (Lipinski definition) is 2. The monoisotopic (exact) mass is 328 g/mol. The summed E-state index contributed by atoms with van der Waals surface area (Å²) in [6, 6.07) is 7.37. The number of carbonyl (C=O) groups excluding carboxylic acids is 1. The largest absolute Gasteiger partial charge is 0.319 e. The Morgan fingerprint density at radius 3 is 2.78 bits per heavy atom. The lowest BCUT2D eigenvalue weighted by atomic mass is 10.2. The number of pyridine rings is 1. The summed E-state index contributed by atoms with van der Waals surface area (Å²) < 4.78 is 14.0. The molecule has 0 atom stereocenters. The molecule has 1 amide bonds. The maximum absolute atomic E-state index is 13.5. The van der Waals surface area contributed by atoms with Gasteiger partial charge in [0.05, 0.1) is 16.3 Å². The predicted octanol–water partition coefficient (Wildman–Crippen LogP) is 3.89. The minimum absolute atomic E-state index is 0.0625. The maximum Gasteiger partial charge on any atom is 0.260 e. The SMILES string of the molecule is O=C(Nc1cccnc1Br)c1c(F)cccc1Cl. The molecule has 0 unspecified atom stereocenters. The summed E-state index contributed by atoms with van der Waals surface area (Å²) in [4.78, 5) is 15.9. The summed E-state index contributed by atoms with van der Waals surface area (Å²) in [5, 5.41) is 2.60. The summed E-state index contributed by atoms with van der Waals surface area (Å²) in [5.41, 5.74) is 0.261. The Balaban J connectivity index is 2.31. The average Bonchev–Trinajstić information content (AvgIpc) is 2.32. The lowest BCUT2D eigenvalue weighted by Crippen LogP contribution is -2.15. The highest BCUT2D eigenvalue weighted by atomic mass is 79.9. The van der Waals surface area contributed by atoms with Crippen molar-refractivity contribution in [1.82, 2.24) is 4.98 Å². The summed E-state index contributed by atoms with van der Waals surface area (Å²) in [7, 11) is 0. The molecule has 2 aromatic rings. The van der Waals surface area contributed by atoms with Crippen LogP contribution in [0.5, 0.6) is 0 Å². The van der Waals surface area contributed by atoms with Crippen LogP contribution in [0.3, 0.4) is 0 Å². The van der Waals surface area contributed by atoms with E-state index in [0.717, 1.165) is 0 Å². The first-order valence-electron chi connectivity index (χ1n) is 4.95. The highest BCUT2D eigenvalue weighted by Gasteiger charge is 2.16. The van der Waals surface area contributed by atoms with Gasteiger partial charge in [-0.05, 0) is 40.2 Å². The van der Waals surface area contributed by atoms with Crippen molar-refractivity contribution in [3.8, 4) is 0 Å². The van der Waals surface area contributed by atoms with E-state index in [4.69, 9.17) is 11.6 Å². The fraction of sp³-hybridized carbons (Fsp3) is 0. The van der Waals surface area contributed by atoms with Crippen molar-refractivity contribution in [2.24, 2.45) is 0 Å². The molecule has 1 aromatic heterocycles. The third kappa shape index (κ3) is 2.68. The number of rotatable bonds is 2. The van der Waals surface area contributed by atoms with Crippen LogP contribution in [0.15, 0.2) is 41.1 Å². The van der Waals surface area contributed by atoms with E-state index in [-0.39, 0.29) is 10.6 Å². The number of carbonyl (C=O) groups is 1. The predicted molar refractivity (Wildman–Crippen MR) is 71.3 cm³/mol. The van der Waals surface area contributed by atoms with Crippen molar-refractivity contribution in [3.05, 3.63) is 57.5 Å². The smallest absolute Gasteiger partial charge is 0.260 e. The Labute approximate surface area is 116 Å². The molecular weight excluding hydrogens is 322 g/mol. The first-order valence-corrected chi connectivity index (χ1v) is 6.12. The van der Waals surface area contributed by atoms with Gasteiger partial charge in [0, 0.05) is 6.20 Å². The van der Waals surface area contributed by atoms with Crippen molar-refractivity contribution in [1.29, 1.82) is 0 Å². The third-order valence-corrected chi connectivity index (χ3v) is 3.14. The van der Waals surface area contributed by atoms with Crippen LogP contribution in [0.1, 0.15) is 10.4 Å². The number of nitrogens with one attached hydrogen (secondary N) is 1. The summed E-state index contributed by atoms with van der Waals surface area (Å²) in [6.45, 7) is 0. The van der Waals surface area contributed by atoms with Crippen LogP contribution in [0, 0.1) is 5.82 Å². The van der Waals surface area contributed by atoms with Crippen molar-refractivity contribution in [2.75, 3.05) is 5.32 Å². The van der Waals surface area contributed by atoms with E-state index in [1.54, 1.807) is 18.3 Å². The van der Waals surface area contributed by atoms with Gasteiger partial charge >= 0.3 is 0 Å². The maximum atomic E-state index is 13.5. The van der Waals surface area contributed by atoms with E-state index >= 15 is 0 Å². The summed E-state index contributed by atoms with van der Waals surface area (Å²) >= 11 is 8.98. The van der Waals surface area contributed by atoms with E-state index in [1.807, 2.05) is 0 Å². The zero-order valence-corrected chi connectivity index (χ0v) is 11.3. The van der Waals surface area contributed by atoms with Crippen LogP contribution in [-0.2, 0) is 0 Å². The van der Waals surface area contributed by atoms with Crippen LogP contribution in [0.4, 0.5) is 10.1 Å². The Morgan fingerprint density at radius 1 is 1.33 bits per heavy atom. The normalized spacial score (nSPS) is 10.2. The number of hydrogen-bond donors (Lipinski definition) is 1. The molecule has 3 nitrogen and oxygen atoms in total. The summed E-state index contributed by atoms with van der Waals surface area (Å²) in [5.74, 6) is -1.29. The second-order valence-corrected chi connectivity index (χ2v) is 4.55. The number of aromatic nitrogens is 1. The number of amides is 1. The second-order valence-electron chi connectivity index (χ2n) is 3.39. The van der Waals surface area contributed by atoms with Gasteiger partial charge in [0.1, 0.15) is 10.4 Å². The standard InChI is InChI=1S/C12H7BrClFN2O/c13-11-9(5-2-6-16-11)17-12(18)10-7(14)3-1-4-8(10)15/h1-6H,(H,17,18). The van der Waals surface area contributed by atoms with E-state index in [1.165, 1.54) is 18.2 Å². The number of nitrogens with zero attached hydrogens (tertiary/aromatic N) is 1. The van der Waals surface area contributed by atoms with Crippen molar-refractivity contribution >= 4 is 39.1 Å². The van der Waals surface area contributed by atoms with E-state index in [0.29, 0.717) is 10.3 Å².